The zero-order chi connectivity index (χ0) is 42.2. The Morgan fingerprint density at radius 2 is 0.794 bits per heavy atom. The maximum Gasteiger partial charge on any atom is 0.143 e. The summed E-state index contributed by atoms with van der Waals surface area (Å²) < 4.78 is 13.0. The van der Waals surface area contributed by atoms with Crippen molar-refractivity contribution >= 4 is 60.9 Å². The van der Waals surface area contributed by atoms with E-state index in [1.807, 2.05) is 24.3 Å². The normalized spacial score (nSPS) is 14.3. The number of benzene rings is 9. The quantitative estimate of drug-likeness (QED) is 0.173. The van der Waals surface area contributed by atoms with Gasteiger partial charge in [-0.2, -0.15) is 0 Å². The molecule has 0 saturated heterocycles. The van der Waals surface area contributed by atoms with Gasteiger partial charge in [-0.1, -0.05) is 161 Å². The lowest BCUT2D eigenvalue weighted by Crippen LogP contribution is -2.17. The summed E-state index contributed by atoms with van der Waals surface area (Å²) in [6.45, 7) is 9.55. The highest BCUT2D eigenvalue weighted by Crippen LogP contribution is 2.59. The van der Waals surface area contributed by atoms with Gasteiger partial charge in [0, 0.05) is 60.4 Å². The van der Waals surface area contributed by atoms with E-state index in [4.69, 9.17) is 8.83 Å². The Balaban J connectivity index is 0.991. The van der Waals surface area contributed by atoms with Gasteiger partial charge in [0.1, 0.15) is 22.3 Å². The largest absolute Gasteiger partial charge is 0.455 e. The number of para-hydroxylation sites is 4. The van der Waals surface area contributed by atoms with Crippen LogP contribution in [0.5, 0.6) is 0 Å². The first-order valence-electron chi connectivity index (χ1n) is 22.0. The van der Waals surface area contributed by atoms with Crippen molar-refractivity contribution in [1.29, 1.82) is 0 Å². The average molecular weight is 810 g/mol. The molecule has 3 nitrogen and oxygen atoms in total. The molecule has 0 fully saturated rings. The fraction of sp³-hybridized carbons (Fsp3) is 0.100. The Hall–Kier alpha value is -7.62. The van der Waals surface area contributed by atoms with Crippen LogP contribution in [0.2, 0.25) is 0 Å². The number of hydrogen-bond acceptors (Lipinski definition) is 3. The van der Waals surface area contributed by atoms with Crippen LogP contribution in [0.1, 0.15) is 49.9 Å². The molecule has 0 atom stereocenters. The van der Waals surface area contributed by atoms with Crippen LogP contribution in [-0.2, 0) is 10.8 Å². The number of rotatable bonds is 5. The van der Waals surface area contributed by atoms with Crippen molar-refractivity contribution in [2.45, 2.75) is 38.5 Å². The lowest BCUT2D eigenvalue weighted by atomic mass is 9.79. The van der Waals surface area contributed by atoms with Crippen LogP contribution in [0.25, 0.3) is 88.4 Å². The molecule has 3 heteroatoms. The maximum absolute atomic E-state index is 6.50. The van der Waals surface area contributed by atoms with Gasteiger partial charge in [0.2, 0.25) is 0 Å². The number of fused-ring (bicyclic) bond motifs is 12. The van der Waals surface area contributed by atoms with E-state index in [0.29, 0.717) is 0 Å². The van der Waals surface area contributed by atoms with E-state index in [-0.39, 0.29) is 10.8 Å². The third-order valence-electron chi connectivity index (χ3n) is 14.3. The van der Waals surface area contributed by atoms with Gasteiger partial charge in [0.25, 0.3) is 0 Å². The van der Waals surface area contributed by atoms with Gasteiger partial charge < -0.3 is 13.7 Å². The van der Waals surface area contributed by atoms with Crippen LogP contribution < -0.4 is 4.90 Å². The molecule has 2 heterocycles. The molecule has 11 aromatic rings. The molecule has 9 aromatic carbocycles. The Labute approximate surface area is 366 Å². The predicted molar refractivity (Wildman–Crippen MR) is 262 cm³/mol. The minimum absolute atomic E-state index is 0.112. The van der Waals surface area contributed by atoms with Crippen molar-refractivity contribution in [2.75, 3.05) is 4.90 Å². The van der Waals surface area contributed by atoms with E-state index in [1.54, 1.807) is 0 Å². The van der Waals surface area contributed by atoms with Gasteiger partial charge in [-0.25, -0.2) is 0 Å². The molecule has 2 aromatic heterocycles. The molecule has 0 N–H and O–H groups in total. The van der Waals surface area contributed by atoms with E-state index >= 15 is 0 Å². The zero-order valence-electron chi connectivity index (χ0n) is 35.7. The first-order valence-corrected chi connectivity index (χ1v) is 22.0. The van der Waals surface area contributed by atoms with Crippen molar-refractivity contribution < 1.29 is 8.83 Å². The van der Waals surface area contributed by atoms with Gasteiger partial charge in [-0.15, -0.1) is 0 Å². The third kappa shape index (κ3) is 5.08. The predicted octanol–water partition coefficient (Wildman–Crippen LogP) is 16.9. The molecule has 63 heavy (non-hydrogen) atoms. The SMILES string of the molecule is CC1(C)c2ccccc2-c2cc3c(cc21)-c1c(N(c2ccc(-c4cccc5c4oc4ccccc45)cc2)c2ccc(-c4cccc5c4oc4ccccc45)cc2)cccc1C3(C)C. The van der Waals surface area contributed by atoms with Gasteiger partial charge in [0.15, 0.2) is 0 Å². The molecule has 2 aliphatic carbocycles. The van der Waals surface area contributed by atoms with E-state index < -0.39 is 0 Å². The molecule has 0 spiro atoms. The fourth-order valence-corrected chi connectivity index (χ4v) is 11.1. The molecule has 13 rings (SSSR count). The topological polar surface area (TPSA) is 29.5 Å². The molecule has 0 radical (unpaired) electrons. The van der Waals surface area contributed by atoms with Crippen LogP contribution in [0.3, 0.4) is 0 Å². The van der Waals surface area contributed by atoms with Gasteiger partial charge in [0.05, 0.1) is 5.69 Å². The highest BCUT2D eigenvalue weighted by Gasteiger charge is 2.43. The lowest BCUT2D eigenvalue weighted by Gasteiger charge is -2.29. The van der Waals surface area contributed by atoms with E-state index in [0.717, 1.165) is 83.2 Å². The summed E-state index contributed by atoms with van der Waals surface area (Å²) in [6.07, 6.45) is 0. The van der Waals surface area contributed by atoms with Gasteiger partial charge >= 0.3 is 0 Å². The van der Waals surface area contributed by atoms with Gasteiger partial charge in [-0.3, -0.25) is 0 Å². The standard InChI is InChI=1S/C60H43NO2/c1-59(2)49-21-8-5-14-42(49)47-34-52-48(35-51(47)59)56-50(60(52,3)4)22-13-23-53(56)61(38-30-26-36(27-31-38)40-17-11-19-45-43-15-6-9-24-54(43)62-57(40)45)39-32-28-37(29-33-39)41-18-12-20-46-44-16-7-10-25-55(44)63-58(41)46/h5-35H,1-4H3. The molecule has 0 bridgehead atoms. The van der Waals surface area contributed by atoms with Crippen molar-refractivity contribution in [3.05, 3.63) is 210 Å². The molecular weight excluding hydrogens is 767 g/mol. The zero-order valence-corrected chi connectivity index (χ0v) is 35.7. The second-order valence-electron chi connectivity index (χ2n) is 18.4. The second kappa shape index (κ2) is 13.0. The minimum atomic E-state index is -0.201. The van der Waals surface area contributed by atoms with Crippen molar-refractivity contribution in [2.24, 2.45) is 0 Å². The summed E-state index contributed by atoms with van der Waals surface area (Å²) in [5, 5.41) is 4.53. The highest BCUT2D eigenvalue weighted by atomic mass is 16.3. The van der Waals surface area contributed by atoms with Crippen molar-refractivity contribution in [3.8, 4) is 44.5 Å². The van der Waals surface area contributed by atoms with E-state index in [9.17, 15) is 0 Å². The molecule has 0 unspecified atom stereocenters. The van der Waals surface area contributed by atoms with Crippen LogP contribution in [-0.4, -0.2) is 0 Å². The van der Waals surface area contributed by atoms with Gasteiger partial charge in [-0.05, 0) is 105 Å². The Kier molecular flexibility index (Phi) is 7.42. The Morgan fingerprint density at radius 3 is 1.40 bits per heavy atom. The third-order valence-corrected chi connectivity index (χ3v) is 14.3. The van der Waals surface area contributed by atoms with E-state index in [2.05, 4.69) is 196 Å². The first kappa shape index (κ1) is 36.1. The Morgan fingerprint density at radius 1 is 0.349 bits per heavy atom. The first-order chi connectivity index (χ1) is 30.8. The lowest BCUT2D eigenvalue weighted by molar-refractivity contribution is 0.652. The highest BCUT2D eigenvalue weighted by molar-refractivity contribution is 6.11. The molecule has 0 aliphatic heterocycles. The number of nitrogens with zero attached hydrogens (tertiary/aromatic N) is 1. The number of anilines is 3. The van der Waals surface area contributed by atoms with Crippen LogP contribution in [0, 0.1) is 0 Å². The van der Waals surface area contributed by atoms with Crippen LogP contribution >= 0.6 is 0 Å². The van der Waals surface area contributed by atoms with E-state index in [1.165, 1.54) is 44.5 Å². The summed E-state index contributed by atoms with van der Waals surface area (Å²) in [6, 6.07) is 68.5. The second-order valence-corrected chi connectivity index (χ2v) is 18.4. The van der Waals surface area contributed by atoms with Crippen LogP contribution in [0.4, 0.5) is 17.1 Å². The molecular formula is C60H43NO2. The maximum atomic E-state index is 6.50. The fourth-order valence-electron chi connectivity index (χ4n) is 11.1. The summed E-state index contributed by atoms with van der Waals surface area (Å²) in [5.41, 5.74) is 21.9. The average Bonchev–Trinajstić information content (AvgIpc) is 4.02. The monoisotopic (exact) mass is 809 g/mol. The van der Waals surface area contributed by atoms with Crippen molar-refractivity contribution in [1.82, 2.24) is 0 Å². The number of furan rings is 2. The molecule has 300 valence electrons. The summed E-state index contributed by atoms with van der Waals surface area (Å²) >= 11 is 0. The molecule has 0 amide bonds. The van der Waals surface area contributed by atoms with Crippen molar-refractivity contribution in [3.63, 3.8) is 0 Å². The van der Waals surface area contributed by atoms with Crippen LogP contribution in [0.15, 0.2) is 197 Å². The molecule has 0 saturated carbocycles. The summed E-state index contributed by atoms with van der Waals surface area (Å²) in [5.74, 6) is 0. The summed E-state index contributed by atoms with van der Waals surface area (Å²) in [4.78, 5) is 2.45. The number of hydrogen-bond donors (Lipinski definition) is 0. The summed E-state index contributed by atoms with van der Waals surface area (Å²) in [7, 11) is 0. The smallest absolute Gasteiger partial charge is 0.143 e. The Bertz CT molecular complexity index is 3520. The minimum Gasteiger partial charge on any atom is -0.455 e. The molecule has 2 aliphatic rings.